The Morgan fingerprint density at radius 3 is 2.83 bits per heavy atom. The number of nitrogens with zero attached hydrogens (tertiary/aromatic N) is 1. The van der Waals surface area contributed by atoms with Gasteiger partial charge in [0.1, 0.15) is 6.07 Å². The van der Waals surface area contributed by atoms with Gasteiger partial charge in [0.2, 0.25) is 0 Å². The van der Waals surface area contributed by atoms with Gasteiger partial charge in [-0.1, -0.05) is 17.7 Å². The highest BCUT2D eigenvalue weighted by Crippen LogP contribution is 2.28. The summed E-state index contributed by atoms with van der Waals surface area (Å²) in [6, 6.07) is 7.58. The maximum Gasteiger partial charge on any atom is 0.174 e. The standard InChI is InChI=1S/C14H18N2O2/c1-11(10-16-2)8-12-4-5-13(18-7-6-15)14(9-12)17-3/h4-5,8-9,16H,7,10H2,1-3H3. The van der Waals surface area contributed by atoms with E-state index in [1.165, 1.54) is 5.57 Å². The third-order valence-corrected chi connectivity index (χ3v) is 2.35. The van der Waals surface area contributed by atoms with E-state index >= 15 is 0 Å². The minimum Gasteiger partial charge on any atom is -0.493 e. The molecule has 0 bridgehead atoms. The summed E-state index contributed by atoms with van der Waals surface area (Å²) in [5.74, 6) is 1.22. The lowest BCUT2D eigenvalue weighted by Gasteiger charge is -2.09. The smallest absolute Gasteiger partial charge is 0.174 e. The summed E-state index contributed by atoms with van der Waals surface area (Å²) in [6.45, 7) is 2.92. The van der Waals surface area contributed by atoms with Crippen molar-refractivity contribution in [2.24, 2.45) is 0 Å². The zero-order chi connectivity index (χ0) is 13.4. The second-order valence-electron chi connectivity index (χ2n) is 3.88. The molecule has 1 N–H and O–H groups in total. The van der Waals surface area contributed by atoms with E-state index in [0.717, 1.165) is 12.1 Å². The van der Waals surface area contributed by atoms with Gasteiger partial charge in [-0.25, -0.2) is 0 Å². The fourth-order valence-electron chi connectivity index (χ4n) is 1.62. The van der Waals surface area contributed by atoms with Gasteiger partial charge in [0.05, 0.1) is 7.11 Å². The summed E-state index contributed by atoms with van der Waals surface area (Å²) < 4.78 is 10.5. The minimum atomic E-state index is 0.0182. The van der Waals surface area contributed by atoms with Gasteiger partial charge >= 0.3 is 0 Å². The Hall–Kier alpha value is -1.99. The van der Waals surface area contributed by atoms with Gasteiger partial charge in [-0.05, 0) is 31.7 Å². The van der Waals surface area contributed by atoms with E-state index in [1.807, 2.05) is 31.3 Å². The molecular formula is C14H18N2O2. The minimum absolute atomic E-state index is 0.0182. The Morgan fingerprint density at radius 2 is 2.22 bits per heavy atom. The fourth-order valence-corrected chi connectivity index (χ4v) is 1.62. The molecule has 0 spiro atoms. The second-order valence-corrected chi connectivity index (χ2v) is 3.88. The van der Waals surface area contributed by atoms with E-state index in [-0.39, 0.29) is 6.61 Å². The van der Waals surface area contributed by atoms with Crippen molar-refractivity contribution >= 4 is 6.08 Å². The van der Waals surface area contributed by atoms with Crippen molar-refractivity contribution in [2.75, 3.05) is 27.3 Å². The van der Waals surface area contributed by atoms with E-state index < -0.39 is 0 Å². The lowest BCUT2D eigenvalue weighted by Crippen LogP contribution is -2.08. The normalized spacial score (nSPS) is 10.9. The number of rotatable bonds is 6. The quantitative estimate of drug-likeness (QED) is 0.836. The Labute approximate surface area is 108 Å². The molecule has 0 heterocycles. The lowest BCUT2D eigenvalue weighted by molar-refractivity contribution is 0.329. The maximum atomic E-state index is 8.49. The van der Waals surface area contributed by atoms with Crippen LogP contribution in [0.1, 0.15) is 12.5 Å². The highest BCUT2D eigenvalue weighted by atomic mass is 16.5. The van der Waals surface area contributed by atoms with Crippen molar-refractivity contribution in [2.45, 2.75) is 6.92 Å². The van der Waals surface area contributed by atoms with E-state index in [9.17, 15) is 0 Å². The highest BCUT2D eigenvalue weighted by molar-refractivity contribution is 5.58. The van der Waals surface area contributed by atoms with E-state index in [2.05, 4.69) is 18.3 Å². The summed E-state index contributed by atoms with van der Waals surface area (Å²) in [7, 11) is 3.50. The summed E-state index contributed by atoms with van der Waals surface area (Å²) in [6.07, 6.45) is 2.08. The van der Waals surface area contributed by atoms with Crippen LogP contribution in [0.3, 0.4) is 0 Å². The maximum absolute atomic E-state index is 8.49. The van der Waals surface area contributed by atoms with Crippen LogP contribution in [0.15, 0.2) is 23.8 Å². The fraction of sp³-hybridized carbons (Fsp3) is 0.357. The van der Waals surface area contributed by atoms with E-state index in [4.69, 9.17) is 14.7 Å². The summed E-state index contributed by atoms with van der Waals surface area (Å²) in [5, 5.41) is 11.6. The number of nitrogens with one attached hydrogen (secondary N) is 1. The Kier molecular flexibility index (Phi) is 5.75. The first-order valence-electron chi connectivity index (χ1n) is 5.70. The molecule has 0 aliphatic heterocycles. The number of methoxy groups -OCH3 is 1. The molecular weight excluding hydrogens is 228 g/mol. The van der Waals surface area contributed by atoms with Gasteiger partial charge in [-0.2, -0.15) is 5.26 Å². The highest BCUT2D eigenvalue weighted by Gasteiger charge is 2.04. The van der Waals surface area contributed by atoms with Crippen LogP contribution in [0, 0.1) is 11.3 Å². The molecule has 96 valence electrons. The van der Waals surface area contributed by atoms with Crippen LogP contribution < -0.4 is 14.8 Å². The monoisotopic (exact) mass is 246 g/mol. The topological polar surface area (TPSA) is 54.3 Å². The summed E-state index contributed by atoms with van der Waals surface area (Å²) in [5.41, 5.74) is 2.27. The number of nitriles is 1. The zero-order valence-electron chi connectivity index (χ0n) is 11.0. The number of hydrogen-bond donors (Lipinski definition) is 1. The molecule has 0 amide bonds. The van der Waals surface area contributed by atoms with Crippen molar-refractivity contribution < 1.29 is 9.47 Å². The summed E-state index contributed by atoms with van der Waals surface area (Å²) in [4.78, 5) is 0. The van der Waals surface area contributed by atoms with Gasteiger partial charge in [0.25, 0.3) is 0 Å². The number of hydrogen-bond acceptors (Lipinski definition) is 4. The van der Waals surface area contributed by atoms with Crippen molar-refractivity contribution in [1.29, 1.82) is 5.26 Å². The van der Waals surface area contributed by atoms with Crippen LogP contribution in [0.2, 0.25) is 0 Å². The van der Waals surface area contributed by atoms with Gasteiger partial charge in [0.15, 0.2) is 18.1 Å². The number of benzene rings is 1. The summed E-state index contributed by atoms with van der Waals surface area (Å²) >= 11 is 0. The molecule has 4 heteroatoms. The number of ether oxygens (including phenoxy) is 2. The molecule has 0 fully saturated rings. The third-order valence-electron chi connectivity index (χ3n) is 2.35. The first kappa shape index (κ1) is 14.1. The molecule has 4 nitrogen and oxygen atoms in total. The first-order valence-corrected chi connectivity index (χ1v) is 5.70. The van der Waals surface area contributed by atoms with Crippen molar-refractivity contribution in [1.82, 2.24) is 5.32 Å². The molecule has 0 saturated carbocycles. The van der Waals surface area contributed by atoms with Crippen LogP contribution >= 0.6 is 0 Å². The van der Waals surface area contributed by atoms with Crippen LogP contribution in [-0.2, 0) is 0 Å². The predicted molar refractivity (Wildman–Crippen MR) is 71.7 cm³/mol. The molecule has 1 aromatic carbocycles. The Balaban J connectivity index is 2.91. The average molecular weight is 246 g/mol. The van der Waals surface area contributed by atoms with Crippen molar-refractivity contribution in [3.63, 3.8) is 0 Å². The average Bonchev–Trinajstić information content (AvgIpc) is 2.37. The molecule has 0 aliphatic rings. The molecule has 0 saturated heterocycles. The van der Waals surface area contributed by atoms with Crippen molar-refractivity contribution in [3.8, 4) is 17.6 Å². The molecule has 0 unspecified atom stereocenters. The van der Waals surface area contributed by atoms with E-state index in [0.29, 0.717) is 11.5 Å². The predicted octanol–water partition coefficient (Wildman–Crippen LogP) is 2.22. The molecule has 1 aromatic rings. The molecule has 0 aromatic heterocycles. The van der Waals surface area contributed by atoms with Crippen LogP contribution in [0.5, 0.6) is 11.5 Å². The Morgan fingerprint density at radius 1 is 1.44 bits per heavy atom. The Bertz CT molecular complexity index is 461. The third kappa shape index (κ3) is 4.11. The SMILES string of the molecule is CNCC(C)=Cc1ccc(OCC#N)c(OC)c1. The molecule has 0 aliphatic carbocycles. The molecule has 0 radical (unpaired) electrons. The second kappa shape index (κ2) is 7.36. The first-order chi connectivity index (χ1) is 8.71. The molecule has 18 heavy (non-hydrogen) atoms. The number of likely N-dealkylation sites (N-methyl/N-ethyl adjacent to an activating group) is 1. The van der Waals surface area contributed by atoms with Crippen LogP contribution in [-0.4, -0.2) is 27.3 Å². The van der Waals surface area contributed by atoms with Crippen LogP contribution in [0.25, 0.3) is 6.08 Å². The van der Waals surface area contributed by atoms with Crippen molar-refractivity contribution in [3.05, 3.63) is 29.3 Å². The largest absolute Gasteiger partial charge is 0.493 e. The molecule has 0 atom stereocenters. The molecule has 1 rings (SSSR count). The lowest BCUT2D eigenvalue weighted by atomic mass is 10.1. The zero-order valence-corrected chi connectivity index (χ0v) is 11.0. The van der Waals surface area contributed by atoms with E-state index in [1.54, 1.807) is 7.11 Å². The van der Waals surface area contributed by atoms with Gasteiger partial charge in [-0.3, -0.25) is 0 Å². The van der Waals surface area contributed by atoms with Gasteiger partial charge < -0.3 is 14.8 Å². The van der Waals surface area contributed by atoms with Gasteiger partial charge in [0, 0.05) is 6.54 Å². The van der Waals surface area contributed by atoms with Crippen LogP contribution in [0.4, 0.5) is 0 Å². The van der Waals surface area contributed by atoms with Gasteiger partial charge in [-0.15, -0.1) is 0 Å².